The van der Waals surface area contributed by atoms with Gasteiger partial charge in [0, 0.05) is 19.5 Å². The van der Waals surface area contributed by atoms with Crippen LogP contribution in [-0.2, 0) is 11.3 Å². The highest BCUT2D eigenvalue weighted by molar-refractivity contribution is 6.13. The van der Waals surface area contributed by atoms with E-state index in [-0.39, 0.29) is 30.9 Å². The Kier molecular flexibility index (Phi) is 3.73. The normalized spacial score (nSPS) is 18.0. The van der Waals surface area contributed by atoms with Crippen LogP contribution in [0, 0.1) is 0 Å². The van der Waals surface area contributed by atoms with Gasteiger partial charge in [-0.2, -0.15) is 5.10 Å². The van der Waals surface area contributed by atoms with E-state index < -0.39 is 0 Å². The molecule has 9 heteroatoms. The molecule has 0 radical (unpaired) electrons. The van der Waals surface area contributed by atoms with Crippen LogP contribution in [-0.4, -0.2) is 45.0 Å². The number of hydrogen-bond donors (Lipinski definition) is 1. The monoisotopic (exact) mass is 336 g/mol. The van der Waals surface area contributed by atoms with Gasteiger partial charge in [0.1, 0.15) is 6.54 Å². The van der Waals surface area contributed by atoms with E-state index in [1.807, 2.05) is 6.07 Å². The van der Waals surface area contributed by atoms with Crippen LogP contribution in [0.3, 0.4) is 0 Å². The minimum absolute atomic E-state index is 0. The number of urea groups is 1. The summed E-state index contributed by atoms with van der Waals surface area (Å²) >= 11 is 0. The molecule has 0 unspecified atom stereocenters. The van der Waals surface area contributed by atoms with Crippen molar-refractivity contribution >= 4 is 35.7 Å². The molecule has 2 aromatic rings. The number of likely N-dealkylation sites (N-methyl/N-ethyl adjacent to an activating group) is 1. The van der Waals surface area contributed by atoms with Crippen LogP contribution in [0.1, 0.15) is 30.1 Å². The summed E-state index contributed by atoms with van der Waals surface area (Å²) in [5.74, 6) is 0.205. The third kappa shape index (κ3) is 2.43. The number of halogens is 1. The molecule has 0 bridgehead atoms. The van der Waals surface area contributed by atoms with Gasteiger partial charge in [-0.05, 0) is 18.9 Å². The summed E-state index contributed by atoms with van der Waals surface area (Å²) in [6.45, 7) is 0.332. The number of carbonyl (C=O) groups is 2. The molecule has 2 aliphatic rings. The Bertz CT molecular complexity index is 800. The molecule has 0 atom stereocenters. The molecule has 3 amide bonds. The highest BCUT2D eigenvalue weighted by atomic mass is 35.5. The second-order valence-corrected chi connectivity index (χ2v) is 5.75. The van der Waals surface area contributed by atoms with Crippen LogP contribution >= 0.6 is 12.4 Å². The summed E-state index contributed by atoms with van der Waals surface area (Å²) in [6.07, 6.45) is 3.98. The van der Waals surface area contributed by atoms with Crippen LogP contribution in [0.4, 0.5) is 10.5 Å². The summed E-state index contributed by atoms with van der Waals surface area (Å²) in [4.78, 5) is 31.1. The number of imidazole rings is 1. The van der Waals surface area contributed by atoms with Gasteiger partial charge in [-0.25, -0.2) is 14.3 Å². The van der Waals surface area contributed by atoms with Gasteiger partial charge in [0.2, 0.25) is 5.91 Å². The number of anilines is 1. The van der Waals surface area contributed by atoms with E-state index in [4.69, 9.17) is 5.73 Å². The number of aromatic nitrogens is 3. The summed E-state index contributed by atoms with van der Waals surface area (Å²) in [5.41, 5.74) is 8.46. The lowest BCUT2D eigenvalue weighted by molar-refractivity contribution is -0.123. The second kappa shape index (κ2) is 5.47. The van der Waals surface area contributed by atoms with Gasteiger partial charge < -0.3 is 5.73 Å². The third-order valence-corrected chi connectivity index (χ3v) is 4.16. The SMILES string of the molecule is CN1C(=O)CN(c2cc(C3CC3)nn3cc(CN)nc23)C1=O.Cl. The Morgan fingerprint density at radius 1 is 1.35 bits per heavy atom. The van der Waals surface area contributed by atoms with Gasteiger partial charge >= 0.3 is 6.03 Å². The fourth-order valence-electron chi connectivity index (χ4n) is 2.69. The fraction of sp³-hybridized carbons (Fsp3) is 0.429. The number of imide groups is 1. The standard InChI is InChI=1S/C14H16N6O2.ClH/c1-18-12(21)7-19(14(18)22)11-4-10(8-2-3-8)17-20-6-9(5-15)16-13(11)20;/h4,6,8H,2-3,5,7,15H2,1H3;1H. The number of fused-ring (bicyclic) bond motifs is 1. The molecular formula is C14H17ClN6O2. The lowest BCUT2D eigenvalue weighted by Crippen LogP contribution is -2.30. The molecule has 3 heterocycles. The van der Waals surface area contributed by atoms with Crippen molar-refractivity contribution in [3.05, 3.63) is 23.7 Å². The van der Waals surface area contributed by atoms with Crippen LogP contribution in [0.15, 0.2) is 12.3 Å². The average Bonchev–Trinajstić information content (AvgIpc) is 3.23. The van der Waals surface area contributed by atoms with Crippen molar-refractivity contribution < 1.29 is 9.59 Å². The van der Waals surface area contributed by atoms with Crippen molar-refractivity contribution in [2.45, 2.75) is 25.3 Å². The van der Waals surface area contributed by atoms with Crippen molar-refractivity contribution in [1.29, 1.82) is 0 Å². The topological polar surface area (TPSA) is 96.8 Å². The number of hydrogen-bond acceptors (Lipinski definition) is 5. The van der Waals surface area contributed by atoms with Gasteiger partial charge in [0.25, 0.3) is 0 Å². The molecule has 1 aliphatic carbocycles. The Balaban J connectivity index is 0.00000156. The van der Waals surface area contributed by atoms with E-state index in [0.29, 0.717) is 29.5 Å². The molecule has 122 valence electrons. The molecule has 1 saturated carbocycles. The lowest BCUT2D eigenvalue weighted by atomic mass is 10.2. The maximum absolute atomic E-state index is 12.3. The minimum Gasteiger partial charge on any atom is -0.325 e. The maximum Gasteiger partial charge on any atom is 0.331 e. The van der Waals surface area contributed by atoms with Crippen molar-refractivity contribution in [2.24, 2.45) is 5.73 Å². The Morgan fingerprint density at radius 2 is 2.09 bits per heavy atom. The Labute approximate surface area is 138 Å². The molecule has 0 aromatic carbocycles. The quantitative estimate of drug-likeness (QED) is 0.839. The van der Waals surface area contributed by atoms with Crippen molar-refractivity contribution in [2.75, 3.05) is 18.5 Å². The van der Waals surface area contributed by atoms with Gasteiger partial charge in [-0.1, -0.05) is 0 Å². The molecule has 2 aromatic heterocycles. The smallest absolute Gasteiger partial charge is 0.325 e. The first-order valence-corrected chi connectivity index (χ1v) is 7.26. The van der Waals surface area contributed by atoms with E-state index in [1.54, 1.807) is 10.7 Å². The van der Waals surface area contributed by atoms with Crippen molar-refractivity contribution in [3.63, 3.8) is 0 Å². The van der Waals surface area contributed by atoms with E-state index >= 15 is 0 Å². The first-order chi connectivity index (χ1) is 10.6. The van der Waals surface area contributed by atoms with Crippen LogP contribution < -0.4 is 10.6 Å². The molecular weight excluding hydrogens is 320 g/mol. The predicted molar refractivity (Wildman–Crippen MR) is 85.6 cm³/mol. The zero-order valence-electron chi connectivity index (χ0n) is 12.6. The van der Waals surface area contributed by atoms with Gasteiger partial charge in [0.05, 0.1) is 23.3 Å². The summed E-state index contributed by atoms with van der Waals surface area (Å²) < 4.78 is 1.67. The van der Waals surface area contributed by atoms with Gasteiger partial charge in [0.15, 0.2) is 5.65 Å². The number of amides is 3. The van der Waals surface area contributed by atoms with E-state index in [9.17, 15) is 9.59 Å². The minimum atomic E-state index is -0.336. The molecule has 2 N–H and O–H groups in total. The number of nitrogens with zero attached hydrogens (tertiary/aromatic N) is 5. The summed E-state index contributed by atoms with van der Waals surface area (Å²) in [5, 5.41) is 4.56. The average molecular weight is 337 g/mol. The van der Waals surface area contributed by atoms with Gasteiger partial charge in [-0.3, -0.25) is 14.6 Å². The number of carbonyl (C=O) groups excluding carboxylic acids is 2. The van der Waals surface area contributed by atoms with Crippen molar-refractivity contribution in [3.8, 4) is 0 Å². The predicted octanol–water partition coefficient (Wildman–Crippen LogP) is 0.886. The fourth-order valence-corrected chi connectivity index (χ4v) is 2.69. The Morgan fingerprint density at radius 3 is 2.65 bits per heavy atom. The van der Waals surface area contributed by atoms with E-state index in [1.165, 1.54) is 11.9 Å². The van der Waals surface area contributed by atoms with E-state index in [0.717, 1.165) is 23.4 Å². The lowest BCUT2D eigenvalue weighted by Gasteiger charge is -2.16. The molecule has 1 aliphatic heterocycles. The number of rotatable bonds is 3. The van der Waals surface area contributed by atoms with Gasteiger partial charge in [-0.15, -0.1) is 12.4 Å². The van der Waals surface area contributed by atoms with E-state index in [2.05, 4.69) is 10.1 Å². The van der Waals surface area contributed by atoms with Crippen LogP contribution in [0.5, 0.6) is 0 Å². The molecule has 0 spiro atoms. The zero-order valence-corrected chi connectivity index (χ0v) is 13.4. The maximum atomic E-state index is 12.3. The first kappa shape index (κ1) is 15.7. The third-order valence-electron chi connectivity index (χ3n) is 4.16. The molecule has 1 saturated heterocycles. The second-order valence-electron chi connectivity index (χ2n) is 5.75. The first-order valence-electron chi connectivity index (χ1n) is 7.26. The highest BCUT2D eigenvalue weighted by Gasteiger charge is 2.36. The molecule has 2 fully saturated rings. The largest absolute Gasteiger partial charge is 0.331 e. The Hall–Kier alpha value is -2.19. The molecule has 4 rings (SSSR count). The zero-order chi connectivity index (χ0) is 15.4. The molecule has 23 heavy (non-hydrogen) atoms. The van der Waals surface area contributed by atoms with Crippen LogP contribution in [0.25, 0.3) is 5.65 Å². The summed E-state index contributed by atoms with van der Waals surface area (Å²) in [6, 6.07) is 1.54. The van der Waals surface area contributed by atoms with Crippen LogP contribution in [0.2, 0.25) is 0 Å². The highest BCUT2D eigenvalue weighted by Crippen LogP contribution is 2.40. The summed E-state index contributed by atoms with van der Waals surface area (Å²) in [7, 11) is 1.49. The van der Waals surface area contributed by atoms with Crippen molar-refractivity contribution in [1.82, 2.24) is 19.5 Å². The number of nitrogens with two attached hydrogens (primary N) is 1. The molecule has 8 nitrogen and oxygen atoms in total.